The predicted molar refractivity (Wildman–Crippen MR) is 112 cm³/mol. The van der Waals surface area contributed by atoms with Crippen molar-refractivity contribution in [2.24, 2.45) is 0 Å². The van der Waals surface area contributed by atoms with Crippen LogP contribution in [0.1, 0.15) is 20.7 Å². The van der Waals surface area contributed by atoms with Crippen LogP contribution in [0, 0.1) is 30.3 Å². The summed E-state index contributed by atoms with van der Waals surface area (Å²) < 4.78 is 5.22. The lowest BCUT2D eigenvalue weighted by Gasteiger charge is -2.11. The maximum Gasteiger partial charge on any atom is 0.343 e. The highest BCUT2D eigenvalue weighted by molar-refractivity contribution is 6.05. The van der Waals surface area contributed by atoms with E-state index in [1.54, 1.807) is 0 Å². The number of carbonyl (C=O) groups excluding carboxylic acids is 2. The van der Waals surface area contributed by atoms with E-state index in [0.29, 0.717) is 0 Å². The van der Waals surface area contributed by atoms with Crippen LogP contribution in [0.3, 0.4) is 0 Å². The molecule has 3 aromatic carbocycles. The summed E-state index contributed by atoms with van der Waals surface area (Å²) in [4.78, 5) is 55.6. The zero-order valence-corrected chi connectivity index (χ0v) is 16.4. The van der Waals surface area contributed by atoms with E-state index >= 15 is 0 Å². The van der Waals surface area contributed by atoms with Crippen molar-refractivity contribution in [1.82, 2.24) is 0 Å². The maximum atomic E-state index is 12.5. The Hall–Kier alpha value is -5.20. The third kappa shape index (κ3) is 5.29. The number of hydrogen-bond acceptors (Lipinski definition) is 9. The summed E-state index contributed by atoms with van der Waals surface area (Å²) in [5.41, 5.74) is -1.10. The summed E-state index contributed by atoms with van der Waals surface area (Å²) in [6.45, 7) is 0. The average Bonchev–Trinajstić information content (AvgIpc) is 2.80. The Labute approximate surface area is 183 Å². The number of rotatable bonds is 7. The van der Waals surface area contributed by atoms with Crippen molar-refractivity contribution in [3.05, 3.63) is 108 Å². The number of nitro groups is 3. The minimum Gasteiger partial charge on any atom is -0.421 e. The fourth-order valence-electron chi connectivity index (χ4n) is 2.63. The number of hydrogen-bond donors (Lipinski definition) is 1. The van der Waals surface area contributed by atoms with Crippen molar-refractivity contribution in [2.45, 2.75) is 0 Å². The molecular formula is C20H12N4O9. The topological polar surface area (TPSA) is 185 Å². The number of carbonyl (C=O) groups is 2. The van der Waals surface area contributed by atoms with Crippen molar-refractivity contribution in [3.63, 3.8) is 0 Å². The fourth-order valence-corrected chi connectivity index (χ4v) is 2.63. The van der Waals surface area contributed by atoms with Crippen LogP contribution in [-0.2, 0) is 0 Å². The van der Waals surface area contributed by atoms with Gasteiger partial charge >= 0.3 is 5.97 Å². The summed E-state index contributed by atoms with van der Waals surface area (Å²) in [6, 6.07) is 12.3. The van der Waals surface area contributed by atoms with Crippen LogP contribution >= 0.6 is 0 Å². The van der Waals surface area contributed by atoms with Crippen LogP contribution in [0.2, 0.25) is 0 Å². The molecule has 0 heterocycles. The number of non-ortho nitro benzene ring substituents is 3. The Morgan fingerprint density at radius 1 is 0.667 bits per heavy atom. The van der Waals surface area contributed by atoms with Gasteiger partial charge in [0.15, 0.2) is 5.75 Å². The van der Waals surface area contributed by atoms with Gasteiger partial charge in [-0.3, -0.25) is 35.1 Å². The first-order valence-corrected chi connectivity index (χ1v) is 8.96. The second-order valence-electron chi connectivity index (χ2n) is 6.39. The first kappa shape index (κ1) is 22.5. The fraction of sp³-hybridized carbons (Fsp3) is 0. The molecule has 0 unspecified atom stereocenters. The van der Waals surface area contributed by atoms with E-state index in [4.69, 9.17) is 4.74 Å². The molecule has 166 valence electrons. The molecule has 13 heteroatoms. The number of esters is 1. The maximum absolute atomic E-state index is 12.5. The number of anilines is 1. The van der Waals surface area contributed by atoms with E-state index in [0.717, 1.165) is 42.5 Å². The van der Waals surface area contributed by atoms with E-state index in [2.05, 4.69) is 5.32 Å². The molecule has 0 atom stereocenters. The molecule has 0 saturated heterocycles. The summed E-state index contributed by atoms with van der Waals surface area (Å²) >= 11 is 0. The quantitative estimate of drug-likeness (QED) is 0.240. The Balaban J connectivity index is 1.87. The lowest BCUT2D eigenvalue weighted by atomic mass is 10.2. The van der Waals surface area contributed by atoms with Gasteiger partial charge in [0.2, 0.25) is 0 Å². The van der Waals surface area contributed by atoms with Crippen LogP contribution in [-0.4, -0.2) is 26.6 Å². The molecule has 0 aromatic heterocycles. The van der Waals surface area contributed by atoms with Gasteiger partial charge in [-0.2, -0.15) is 0 Å². The van der Waals surface area contributed by atoms with Gasteiger partial charge in [-0.15, -0.1) is 0 Å². The molecule has 1 amide bonds. The number of ether oxygens (including phenoxy) is 1. The molecular weight excluding hydrogens is 440 g/mol. The highest BCUT2D eigenvalue weighted by atomic mass is 16.6. The molecule has 0 spiro atoms. The van der Waals surface area contributed by atoms with Gasteiger partial charge in [0.25, 0.3) is 23.0 Å². The second-order valence-corrected chi connectivity index (χ2v) is 6.39. The van der Waals surface area contributed by atoms with E-state index in [-0.39, 0.29) is 33.9 Å². The third-order valence-corrected chi connectivity index (χ3v) is 4.28. The van der Waals surface area contributed by atoms with Gasteiger partial charge in [0.05, 0.1) is 26.0 Å². The Bertz CT molecular complexity index is 1270. The van der Waals surface area contributed by atoms with Crippen molar-refractivity contribution in [2.75, 3.05) is 5.32 Å². The minimum absolute atomic E-state index is 0.0137. The molecule has 0 aliphatic heterocycles. The zero-order chi connectivity index (χ0) is 24.1. The van der Waals surface area contributed by atoms with Crippen LogP contribution in [0.25, 0.3) is 0 Å². The standard InChI is InChI=1S/C20H12N4O9/c25-19(12-1-5-14(6-2-12)22(27)28)21-17-11-16(24(31)32)9-10-18(17)33-20(26)13-3-7-15(8-4-13)23(29)30/h1-11H,(H,21,25). The Kier molecular flexibility index (Phi) is 6.34. The molecule has 33 heavy (non-hydrogen) atoms. The lowest BCUT2D eigenvalue weighted by molar-refractivity contribution is -0.385. The first-order valence-electron chi connectivity index (χ1n) is 8.96. The smallest absolute Gasteiger partial charge is 0.343 e. The summed E-state index contributed by atoms with van der Waals surface area (Å²) in [7, 11) is 0. The molecule has 0 fully saturated rings. The number of benzene rings is 3. The summed E-state index contributed by atoms with van der Waals surface area (Å²) in [5.74, 6) is -1.91. The highest BCUT2D eigenvalue weighted by Gasteiger charge is 2.19. The molecule has 3 aromatic rings. The first-order chi connectivity index (χ1) is 15.7. The summed E-state index contributed by atoms with van der Waals surface area (Å²) in [5, 5.41) is 35.0. The molecule has 0 aliphatic rings. The monoisotopic (exact) mass is 452 g/mol. The Morgan fingerprint density at radius 2 is 1.12 bits per heavy atom. The van der Waals surface area contributed by atoms with Gasteiger partial charge in [-0.1, -0.05) is 0 Å². The minimum atomic E-state index is -0.926. The molecule has 0 bridgehead atoms. The molecule has 1 N–H and O–H groups in total. The number of nitrogens with zero attached hydrogens (tertiary/aromatic N) is 3. The lowest BCUT2D eigenvalue weighted by Crippen LogP contribution is -2.15. The largest absolute Gasteiger partial charge is 0.421 e. The van der Waals surface area contributed by atoms with Crippen molar-refractivity contribution < 1.29 is 29.1 Å². The Morgan fingerprint density at radius 3 is 1.61 bits per heavy atom. The van der Waals surface area contributed by atoms with Gasteiger partial charge < -0.3 is 10.1 Å². The van der Waals surface area contributed by atoms with E-state index in [1.165, 1.54) is 24.3 Å². The number of nitrogens with one attached hydrogen (secondary N) is 1. The second kappa shape index (κ2) is 9.30. The molecule has 0 aliphatic carbocycles. The van der Waals surface area contributed by atoms with Gasteiger partial charge in [0, 0.05) is 42.0 Å². The van der Waals surface area contributed by atoms with Gasteiger partial charge in [-0.25, -0.2) is 4.79 Å². The average molecular weight is 452 g/mol. The van der Waals surface area contributed by atoms with Crippen molar-refractivity contribution in [1.29, 1.82) is 0 Å². The van der Waals surface area contributed by atoms with Gasteiger partial charge in [0.1, 0.15) is 0 Å². The van der Waals surface area contributed by atoms with Crippen LogP contribution in [0.4, 0.5) is 22.7 Å². The van der Waals surface area contributed by atoms with Crippen molar-refractivity contribution >= 4 is 34.6 Å². The highest BCUT2D eigenvalue weighted by Crippen LogP contribution is 2.30. The van der Waals surface area contributed by atoms with Gasteiger partial charge in [-0.05, 0) is 30.3 Å². The number of nitro benzene ring substituents is 3. The molecule has 3 rings (SSSR count). The molecule has 13 nitrogen and oxygen atoms in total. The van der Waals surface area contributed by atoms with Crippen LogP contribution in [0.5, 0.6) is 5.75 Å². The van der Waals surface area contributed by atoms with E-state index in [9.17, 15) is 39.9 Å². The van der Waals surface area contributed by atoms with Crippen LogP contribution < -0.4 is 10.1 Å². The normalized spacial score (nSPS) is 10.2. The zero-order valence-electron chi connectivity index (χ0n) is 16.4. The van der Waals surface area contributed by atoms with E-state index < -0.39 is 32.3 Å². The number of amides is 1. The predicted octanol–water partition coefficient (Wildman–Crippen LogP) is 3.88. The van der Waals surface area contributed by atoms with E-state index in [1.807, 2.05) is 0 Å². The molecule has 0 saturated carbocycles. The SMILES string of the molecule is O=C(Nc1cc([N+](=O)[O-])ccc1OC(=O)c1ccc([N+](=O)[O-])cc1)c1ccc([N+](=O)[O-])cc1. The molecule has 0 radical (unpaired) electrons. The van der Waals surface area contributed by atoms with Crippen molar-refractivity contribution in [3.8, 4) is 5.75 Å². The third-order valence-electron chi connectivity index (χ3n) is 4.28. The summed E-state index contributed by atoms with van der Waals surface area (Å²) in [6.07, 6.45) is 0. The van der Waals surface area contributed by atoms with Crippen LogP contribution in [0.15, 0.2) is 66.7 Å².